The van der Waals surface area contributed by atoms with Crippen molar-refractivity contribution in [2.24, 2.45) is 11.7 Å². The number of carbonyl (C=O) groups excluding carboxylic acids is 2. The summed E-state index contributed by atoms with van der Waals surface area (Å²) in [6.07, 6.45) is 5.09. The molecular weight excluding hydrogens is 249 g/mol. The van der Waals surface area contributed by atoms with Gasteiger partial charge in [0.2, 0.25) is 5.91 Å². The molecule has 6 heteroatoms. The van der Waals surface area contributed by atoms with Gasteiger partial charge in [0.05, 0.1) is 11.8 Å². The molecule has 1 fully saturated rings. The minimum atomic E-state index is -0.633. The van der Waals surface area contributed by atoms with Crippen LogP contribution in [-0.2, 0) is 4.79 Å². The molecule has 3 N–H and O–H groups in total. The third-order valence-electron chi connectivity index (χ3n) is 3.48. The number of primary amides is 1. The maximum atomic E-state index is 13.4. The van der Waals surface area contributed by atoms with Crippen molar-refractivity contribution in [3.8, 4) is 0 Å². The highest BCUT2D eigenvalue weighted by Crippen LogP contribution is 2.24. The fourth-order valence-electron chi connectivity index (χ4n) is 2.34. The predicted molar refractivity (Wildman–Crippen MR) is 66.6 cm³/mol. The van der Waals surface area contributed by atoms with E-state index >= 15 is 0 Å². The number of pyridine rings is 1. The summed E-state index contributed by atoms with van der Waals surface area (Å²) in [5, 5.41) is 2.78. The van der Waals surface area contributed by atoms with Gasteiger partial charge in [-0.3, -0.25) is 14.6 Å². The van der Waals surface area contributed by atoms with E-state index in [0.717, 1.165) is 6.20 Å². The molecule has 2 rings (SSSR count). The second-order valence-corrected chi connectivity index (χ2v) is 4.78. The number of nitrogens with zero attached hydrogens (tertiary/aromatic N) is 1. The number of nitrogens with two attached hydrogens (primary N) is 1. The zero-order chi connectivity index (χ0) is 13.8. The van der Waals surface area contributed by atoms with Gasteiger partial charge in [0.25, 0.3) is 5.91 Å². The first-order valence-electron chi connectivity index (χ1n) is 6.27. The highest BCUT2D eigenvalue weighted by atomic mass is 19.1. The van der Waals surface area contributed by atoms with E-state index in [1.807, 2.05) is 0 Å². The van der Waals surface area contributed by atoms with Crippen molar-refractivity contribution in [1.82, 2.24) is 10.3 Å². The molecule has 5 nitrogen and oxygen atoms in total. The van der Waals surface area contributed by atoms with Gasteiger partial charge >= 0.3 is 0 Å². The number of hydrogen-bond donors (Lipinski definition) is 2. The Hall–Kier alpha value is -1.98. The molecule has 0 aromatic carbocycles. The third-order valence-corrected chi connectivity index (χ3v) is 3.48. The molecule has 1 heterocycles. The number of nitrogens with one attached hydrogen (secondary N) is 1. The molecule has 1 aliphatic carbocycles. The summed E-state index contributed by atoms with van der Waals surface area (Å²) < 4.78 is 13.4. The van der Waals surface area contributed by atoms with Gasteiger partial charge in [-0.1, -0.05) is 0 Å². The van der Waals surface area contributed by atoms with Gasteiger partial charge in [0, 0.05) is 18.2 Å². The van der Waals surface area contributed by atoms with E-state index in [1.165, 1.54) is 12.3 Å². The van der Waals surface area contributed by atoms with Crippen LogP contribution in [0, 0.1) is 11.7 Å². The number of halogens is 1. The van der Waals surface area contributed by atoms with E-state index in [2.05, 4.69) is 10.3 Å². The Balaban J connectivity index is 1.91. The van der Waals surface area contributed by atoms with Crippen LogP contribution in [0.3, 0.4) is 0 Å². The van der Waals surface area contributed by atoms with Crippen LogP contribution in [0.5, 0.6) is 0 Å². The van der Waals surface area contributed by atoms with Crippen molar-refractivity contribution in [1.29, 1.82) is 0 Å². The molecule has 0 saturated heterocycles. The lowest BCUT2D eigenvalue weighted by Gasteiger charge is -2.27. The van der Waals surface area contributed by atoms with E-state index < -0.39 is 11.7 Å². The number of aromatic nitrogens is 1. The zero-order valence-corrected chi connectivity index (χ0v) is 10.4. The van der Waals surface area contributed by atoms with Gasteiger partial charge in [-0.2, -0.15) is 0 Å². The van der Waals surface area contributed by atoms with Gasteiger partial charge < -0.3 is 11.1 Å². The molecule has 0 radical (unpaired) electrons. The average molecular weight is 265 g/mol. The standard InChI is InChI=1S/C13H16FN3O2/c14-11-7-16-6-5-10(11)13(19)17-9-3-1-8(2-4-9)12(15)18/h5-9H,1-4H2,(H2,15,18)(H,17,19). The highest BCUT2D eigenvalue weighted by molar-refractivity contribution is 5.94. The maximum Gasteiger partial charge on any atom is 0.254 e. The largest absolute Gasteiger partial charge is 0.369 e. The van der Waals surface area contributed by atoms with Crippen molar-refractivity contribution in [2.45, 2.75) is 31.7 Å². The minimum Gasteiger partial charge on any atom is -0.369 e. The van der Waals surface area contributed by atoms with Crippen LogP contribution in [0.4, 0.5) is 4.39 Å². The molecule has 0 bridgehead atoms. The second-order valence-electron chi connectivity index (χ2n) is 4.78. The van der Waals surface area contributed by atoms with Crippen molar-refractivity contribution >= 4 is 11.8 Å². The number of amides is 2. The van der Waals surface area contributed by atoms with Crippen LogP contribution >= 0.6 is 0 Å². The molecule has 0 unspecified atom stereocenters. The molecular formula is C13H16FN3O2. The van der Waals surface area contributed by atoms with E-state index in [4.69, 9.17) is 5.73 Å². The van der Waals surface area contributed by atoms with Gasteiger partial charge in [-0.15, -0.1) is 0 Å². The molecule has 1 aromatic heterocycles. The molecule has 1 saturated carbocycles. The summed E-state index contributed by atoms with van der Waals surface area (Å²) in [7, 11) is 0. The van der Waals surface area contributed by atoms with E-state index in [0.29, 0.717) is 25.7 Å². The topological polar surface area (TPSA) is 85.1 Å². The van der Waals surface area contributed by atoms with Crippen LogP contribution in [0.15, 0.2) is 18.5 Å². The predicted octanol–water partition coefficient (Wildman–Crippen LogP) is 0.995. The molecule has 19 heavy (non-hydrogen) atoms. The monoisotopic (exact) mass is 265 g/mol. The summed E-state index contributed by atoms with van der Waals surface area (Å²) in [6.45, 7) is 0. The lowest BCUT2D eigenvalue weighted by molar-refractivity contribution is -0.122. The first-order valence-corrected chi connectivity index (χ1v) is 6.27. The average Bonchev–Trinajstić information content (AvgIpc) is 2.39. The fraction of sp³-hybridized carbons (Fsp3) is 0.462. The zero-order valence-electron chi connectivity index (χ0n) is 10.4. The number of rotatable bonds is 3. The van der Waals surface area contributed by atoms with Crippen LogP contribution in [-0.4, -0.2) is 22.8 Å². The SMILES string of the molecule is NC(=O)C1CCC(NC(=O)c2ccncc2F)CC1. The Bertz CT molecular complexity index is 485. The quantitative estimate of drug-likeness (QED) is 0.854. The van der Waals surface area contributed by atoms with Crippen molar-refractivity contribution in [3.05, 3.63) is 29.8 Å². The smallest absolute Gasteiger partial charge is 0.254 e. The molecule has 1 aromatic rings. The van der Waals surface area contributed by atoms with Crippen LogP contribution in [0.2, 0.25) is 0 Å². The highest BCUT2D eigenvalue weighted by Gasteiger charge is 2.26. The van der Waals surface area contributed by atoms with Crippen LogP contribution in [0.1, 0.15) is 36.0 Å². The fourth-order valence-corrected chi connectivity index (χ4v) is 2.34. The van der Waals surface area contributed by atoms with E-state index in [1.54, 1.807) is 0 Å². The Morgan fingerprint density at radius 2 is 2.00 bits per heavy atom. The van der Waals surface area contributed by atoms with Gasteiger partial charge in [0.15, 0.2) is 5.82 Å². The lowest BCUT2D eigenvalue weighted by Crippen LogP contribution is -2.40. The second kappa shape index (κ2) is 5.77. The number of hydrogen-bond acceptors (Lipinski definition) is 3. The van der Waals surface area contributed by atoms with E-state index in [-0.39, 0.29) is 23.4 Å². The van der Waals surface area contributed by atoms with Crippen molar-refractivity contribution in [2.75, 3.05) is 0 Å². The molecule has 0 spiro atoms. The summed E-state index contributed by atoms with van der Waals surface area (Å²) >= 11 is 0. The Kier molecular flexibility index (Phi) is 4.09. The Morgan fingerprint density at radius 1 is 1.32 bits per heavy atom. The van der Waals surface area contributed by atoms with Gasteiger partial charge in [-0.25, -0.2) is 4.39 Å². The summed E-state index contributed by atoms with van der Waals surface area (Å²) in [4.78, 5) is 26.5. The molecule has 0 atom stereocenters. The maximum absolute atomic E-state index is 13.4. The van der Waals surface area contributed by atoms with Crippen molar-refractivity contribution < 1.29 is 14.0 Å². The lowest BCUT2D eigenvalue weighted by atomic mass is 9.85. The Labute approximate surface area is 110 Å². The Morgan fingerprint density at radius 3 is 2.58 bits per heavy atom. The minimum absolute atomic E-state index is 0.00738. The first kappa shape index (κ1) is 13.5. The summed E-state index contributed by atoms with van der Waals surface area (Å²) in [5.41, 5.74) is 5.23. The summed E-state index contributed by atoms with van der Waals surface area (Å²) in [6, 6.07) is 1.32. The molecule has 102 valence electrons. The first-order chi connectivity index (χ1) is 9.08. The van der Waals surface area contributed by atoms with Crippen LogP contribution < -0.4 is 11.1 Å². The summed E-state index contributed by atoms with van der Waals surface area (Å²) in [5.74, 6) is -1.47. The molecule has 1 aliphatic rings. The normalized spacial score (nSPS) is 22.8. The number of carbonyl (C=O) groups is 2. The van der Waals surface area contributed by atoms with E-state index in [9.17, 15) is 14.0 Å². The van der Waals surface area contributed by atoms with Gasteiger partial charge in [-0.05, 0) is 31.7 Å². The van der Waals surface area contributed by atoms with Gasteiger partial charge in [0.1, 0.15) is 0 Å². The molecule has 0 aliphatic heterocycles. The van der Waals surface area contributed by atoms with Crippen molar-refractivity contribution in [3.63, 3.8) is 0 Å². The van der Waals surface area contributed by atoms with Crippen LogP contribution in [0.25, 0.3) is 0 Å². The third kappa shape index (κ3) is 3.27. The molecule has 2 amide bonds.